The molecule has 2 aliphatic heterocycles. The molecule has 1 N–H and O–H groups in total. The van der Waals surface area contributed by atoms with Gasteiger partial charge < -0.3 is 19.4 Å². The van der Waals surface area contributed by atoms with E-state index < -0.39 is 7.12 Å². The molecule has 6 heteroatoms. The summed E-state index contributed by atoms with van der Waals surface area (Å²) >= 11 is 0. The Balaban J connectivity index is 1.59. The van der Waals surface area contributed by atoms with Gasteiger partial charge in [-0.1, -0.05) is 24.3 Å². The van der Waals surface area contributed by atoms with Crippen molar-refractivity contribution in [2.75, 3.05) is 13.2 Å². The zero-order chi connectivity index (χ0) is 19.9. The van der Waals surface area contributed by atoms with Gasteiger partial charge in [0.05, 0.1) is 11.2 Å². The van der Waals surface area contributed by atoms with Gasteiger partial charge in [-0.25, -0.2) is 0 Å². The Morgan fingerprint density at radius 2 is 1.71 bits per heavy atom. The molecule has 0 radical (unpaired) electrons. The third kappa shape index (κ3) is 3.57. The van der Waals surface area contributed by atoms with E-state index in [1.807, 2.05) is 36.4 Å². The third-order valence-corrected chi connectivity index (χ3v) is 6.24. The second-order valence-corrected chi connectivity index (χ2v) is 8.73. The van der Waals surface area contributed by atoms with Gasteiger partial charge in [0.2, 0.25) is 0 Å². The van der Waals surface area contributed by atoms with E-state index in [2.05, 4.69) is 33.0 Å². The molecule has 0 spiro atoms. The fourth-order valence-electron chi connectivity index (χ4n) is 3.74. The van der Waals surface area contributed by atoms with Crippen LogP contribution < -0.4 is 10.8 Å². The van der Waals surface area contributed by atoms with Crippen LogP contribution in [0.1, 0.15) is 50.9 Å². The van der Waals surface area contributed by atoms with E-state index in [4.69, 9.17) is 14.0 Å². The van der Waals surface area contributed by atoms with Crippen LogP contribution >= 0.6 is 0 Å². The zero-order valence-electron chi connectivity index (χ0n) is 17.1. The minimum Gasteiger partial charge on any atom is -0.399 e. The Morgan fingerprint density at radius 1 is 1.04 bits per heavy atom. The van der Waals surface area contributed by atoms with E-state index in [0.29, 0.717) is 18.8 Å². The van der Waals surface area contributed by atoms with Gasteiger partial charge in [-0.15, -0.1) is 0 Å². The number of benzene rings is 2. The predicted octanol–water partition coefficient (Wildman–Crippen LogP) is 3.05. The van der Waals surface area contributed by atoms with E-state index in [1.165, 1.54) is 0 Å². The van der Waals surface area contributed by atoms with Crippen molar-refractivity contribution in [3.8, 4) is 0 Å². The summed E-state index contributed by atoms with van der Waals surface area (Å²) < 4.78 is 17.8. The molecule has 2 aliphatic rings. The molecule has 0 bridgehead atoms. The van der Waals surface area contributed by atoms with Crippen molar-refractivity contribution in [2.45, 2.75) is 57.8 Å². The number of carbonyl (C=O) groups is 1. The van der Waals surface area contributed by atoms with Crippen LogP contribution in [-0.4, -0.2) is 43.5 Å². The first kappa shape index (κ1) is 19.4. The van der Waals surface area contributed by atoms with Crippen LogP contribution in [0.25, 0.3) is 10.8 Å². The standard InChI is InChI=1S/C22H28BNO4/c1-21(2)22(3,4)28-23(27-21)19-7-5-6-15-14-16(8-9-18(15)19)20(25)24-17-10-12-26-13-11-17/h5-9,14,17H,10-13H2,1-4H3,(H,24,25). The maximum Gasteiger partial charge on any atom is 0.495 e. The molecule has 0 saturated carbocycles. The van der Waals surface area contributed by atoms with Crippen LogP contribution in [0.15, 0.2) is 36.4 Å². The number of hydrogen-bond acceptors (Lipinski definition) is 4. The molecule has 4 rings (SSSR count). The van der Waals surface area contributed by atoms with Crippen molar-refractivity contribution in [2.24, 2.45) is 0 Å². The Morgan fingerprint density at radius 3 is 2.39 bits per heavy atom. The summed E-state index contributed by atoms with van der Waals surface area (Å²) in [5.74, 6) is -0.0326. The Bertz CT molecular complexity index is 873. The van der Waals surface area contributed by atoms with Gasteiger partial charge in [0.15, 0.2) is 0 Å². The lowest BCUT2D eigenvalue weighted by Gasteiger charge is -2.32. The number of ether oxygens (including phenoxy) is 1. The van der Waals surface area contributed by atoms with Crippen molar-refractivity contribution in [3.63, 3.8) is 0 Å². The molecule has 2 aromatic rings. The molecular weight excluding hydrogens is 353 g/mol. The summed E-state index contributed by atoms with van der Waals surface area (Å²) in [6.45, 7) is 9.63. The molecule has 148 valence electrons. The van der Waals surface area contributed by atoms with Gasteiger partial charge in [0.1, 0.15) is 0 Å². The molecule has 2 saturated heterocycles. The number of fused-ring (bicyclic) bond motifs is 1. The number of nitrogens with one attached hydrogen (secondary N) is 1. The van der Waals surface area contributed by atoms with Crippen molar-refractivity contribution in [1.29, 1.82) is 0 Å². The first-order valence-electron chi connectivity index (χ1n) is 10.0. The van der Waals surface area contributed by atoms with Gasteiger partial charge in [0, 0.05) is 24.8 Å². The normalized spacial score (nSPS) is 21.8. The largest absolute Gasteiger partial charge is 0.495 e. The Hall–Kier alpha value is -1.89. The molecular formula is C22H28BNO4. The fraction of sp³-hybridized carbons (Fsp3) is 0.500. The quantitative estimate of drug-likeness (QED) is 0.831. The number of amides is 1. The predicted molar refractivity (Wildman–Crippen MR) is 111 cm³/mol. The van der Waals surface area contributed by atoms with Crippen LogP contribution in [0.3, 0.4) is 0 Å². The van der Waals surface area contributed by atoms with Crippen LogP contribution in [0.2, 0.25) is 0 Å². The molecule has 28 heavy (non-hydrogen) atoms. The van der Waals surface area contributed by atoms with Crippen molar-refractivity contribution in [1.82, 2.24) is 5.32 Å². The van der Waals surface area contributed by atoms with E-state index in [9.17, 15) is 4.79 Å². The van der Waals surface area contributed by atoms with Gasteiger partial charge in [-0.3, -0.25) is 4.79 Å². The first-order chi connectivity index (χ1) is 13.3. The van der Waals surface area contributed by atoms with E-state index >= 15 is 0 Å². The second kappa shape index (κ2) is 7.18. The number of carbonyl (C=O) groups excluding carboxylic acids is 1. The maximum absolute atomic E-state index is 12.7. The molecule has 0 atom stereocenters. The van der Waals surface area contributed by atoms with Crippen molar-refractivity contribution >= 4 is 29.3 Å². The maximum atomic E-state index is 12.7. The monoisotopic (exact) mass is 381 g/mol. The van der Waals surface area contributed by atoms with Gasteiger partial charge in [-0.05, 0) is 68.9 Å². The summed E-state index contributed by atoms with van der Waals surface area (Å²) in [7, 11) is -0.421. The molecule has 2 heterocycles. The highest BCUT2D eigenvalue weighted by molar-refractivity contribution is 6.65. The first-order valence-corrected chi connectivity index (χ1v) is 10.0. The summed E-state index contributed by atoms with van der Waals surface area (Å²) in [4.78, 5) is 12.7. The molecule has 1 amide bonds. The SMILES string of the molecule is CC1(C)OB(c2cccc3cc(C(=O)NC4CCOCC4)ccc23)OC1(C)C. The molecule has 0 aromatic heterocycles. The second-order valence-electron chi connectivity index (χ2n) is 8.73. The molecule has 0 unspecified atom stereocenters. The topological polar surface area (TPSA) is 56.8 Å². The van der Waals surface area contributed by atoms with Crippen LogP contribution in [0.5, 0.6) is 0 Å². The van der Waals surface area contributed by atoms with Crippen LogP contribution in [-0.2, 0) is 14.0 Å². The molecule has 0 aliphatic carbocycles. The van der Waals surface area contributed by atoms with E-state index in [0.717, 1.165) is 29.1 Å². The average molecular weight is 381 g/mol. The van der Waals surface area contributed by atoms with Crippen LogP contribution in [0, 0.1) is 0 Å². The van der Waals surface area contributed by atoms with Crippen molar-refractivity contribution < 1.29 is 18.8 Å². The van der Waals surface area contributed by atoms with Gasteiger partial charge in [-0.2, -0.15) is 0 Å². The Labute approximate surface area is 166 Å². The lowest BCUT2D eigenvalue weighted by molar-refractivity contribution is 0.00578. The van der Waals surface area contributed by atoms with Gasteiger partial charge in [0.25, 0.3) is 5.91 Å². The third-order valence-electron chi connectivity index (χ3n) is 6.24. The molecule has 2 aromatic carbocycles. The summed E-state index contributed by atoms with van der Waals surface area (Å²) in [6, 6.07) is 12.1. The summed E-state index contributed by atoms with van der Waals surface area (Å²) in [5.41, 5.74) is 0.893. The highest BCUT2D eigenvalue weighted by Crippen LogP contribution is 2.37. The minimum absolute atomic E-state index is 0.0326. The van der Waals surface area contributed by atoms with Crippen molar-refractivity contribution in [3.05, 3.63) is 42.0 Å². The highest BCUT2D eigenvalue weighted by Gasteiger charge is 2.52. The van der Waals surface area contributed by atoms with Crippen LogP contribution in [0.4, 0.5) is 0 Å². The summed E-state index contributed by atoms with van der Waals surface area (Å²) in [6.07, 6.45) is 1.73. The zero-order valence-corrected chi connectivity index (χ0v) is 17.1. The summed E-state index contributed by atoms with van der Waals surface area (Å²) in [5, 5.41) is 5.17. The average Bonchev–Trinajstić information content (AvgIpc) is 2.88. The van der Waals surface area contributed by atoms with E-state index in [1.54, 1.807) is 0 Å². The smallest absolute Gasteiger partial charge is 0.399 e. The lowest BCUT2D eigenvalue weighted by atomic mass is 9.76. The number of hydrogen-bond donors (Lipinski definition) is 1. The highest BCUT2D eigenvalue weighted by atomic mass is 16.7. The van der Waals surface area contributed by atoms with E-state index in [-0.39, 0.29) is 23.2 Å². The lowest BCUT2D eigenvalue weighted by Crippen LogP contribution is -2.41. The molecule has 5 nitrogen and oxygen atoms in total. The Kier molecular flexibility index (Phi) is 4.98. The number of rotatable bonds is 3. The van der Waals surface area contributed by atoms with Gasteiger partial charge >= 0.3 is 7.12 Å². The molecule has 2 fully saturated rings. The fourth-order valence-corrected chi connectivity index (χ4v) is 3.74. The minimum atomic E-state index is -0.421.